The van der Waals surface area contributed by atoms with Crippen LogP contribution < -0.4 is 0 Å². The van der Waals surface area contributed by atoms with Crippen LogP contribution >= 0.6 is 11.8 Å². The van der Waals surface area contributed by atoms with Crippen LogP contribution in [-0.4, -0.2) is 30.4 Å². The molecule has 0 spiro atoms. The summed E-state index contributed by atoms with van der Waals surface area (Å²) in [5.74, 6) is 0. The van der Waals surface area contributed by atoms with Crippen molar-refractivity contribution in [1.82, 2.24) is 0 Å². The predicted octanol–water partition coefficient (Wildman–Crippen LogP) is 7.20. The van der Waals surface area contributed by atoms with Gasteiger partial charge in [0.05, 0.1) is 26.4 Å². The molecule has 5 rings (SSSR count). The van der Waals surface area contributed by atoms with Crippen molar-refractivity contribution < 1.29 is 18.9 Å². The second-order valence-electron chi connectivity index (χ2n) is 9.50. The molecule has 38 heavy (non-hydrogen) atoms. The molecule has 4 atom stereocenters. The third-order valence-corrected chi connectivity index (χ3v) is 7.66. The highest BCUT2D eigenvalue weighted by atomic mass is 32.2. The van der Waals surface area contributed by atoms with E-state index in [1.165, 1.54) is 5.56 Å². The van der Waals surface area contributed by atoms with Gasteiger partial charge in [-0.3, -0.25) is 0 Å². The number of aryl methyl sites for hydroxylation is 1. The summed E-state index contributed by atoms with van der Waals surface area (Å²) in [6, 6.07) is 39.2. The highest BCUT2D eigenvalue weighted by Gasteiger charge is 2.47. The molecule has 1 saturated heterocycles. The van der Waals surface area contributed by atoms with E-state index in [0.29, 0.717) is 26.4 Å². The van der Waals surface area contributed by atoms with E-state index in [2.05, 4.69) is 67.6 Å². The van der Waals surface area contributed by atoms with Crippen LogP contribution in [0, 0.1) is 6.92 Å². The summed E-state index contributed by atoms with van der Waals surface area (Å²) >= 11 is 1.68. The van der Waals surface area contributed by atoms with Crippen LogP contribution in [0.1, 0.15) is 22.3 Å². The van der Waals surface area contributed by atoms with Crippen LogP contribution in [0.3, 0.4) is 0 Å². The number of hydrogen-bond acceptors (Lipinski definition) is 5. The van der Waals surface area contributed by atoms with Crippen LogP contribution in [0.4, 0.5) is 0 Å². The second kappa shape index (κ2) is 13.7. The highest BCUT2D eigenvalue weighted by Crippen LogP contribution is 2.38. The molecule has 0 N–H and O–H groups in total. The SMILES string of the molecule is Cc1ccc(SC2O[C@H](COCc3ccccc3)[C@@H](OCc3ccccc3)[C@H]2OCc2ccccc2)cc1. The van der Waals surface area contributed by atoms with Gasteiger partial charge < -0.3 is 18.9 Å². The first-order valence-corrected chi connectivity index (χ1v) is 13.9. The molecule has 5 heteroatoms. The van der Waals surface area contributed by atoms with E-state index < -0.39 is 0 Å². The second-order valence-corrected chi connectivity index (χ2v) is 10.7. The van der Waals surface area contributed by atoms with Crippen LogP contribution in [0.15, 0.2) is 120 Å². The van der Waals surface area contributed by atoms with Gasteiger partial charge in [0.15, 0.2) is 0 Å². The monoisotopic (exact) mass is 526 g/mol. The van der Waals surface area contributed by atoms with E-state index in [1.54, 1.807) is 11.8 Å². The lowest BCUT2D eigenvalue weighted by Crippen LogP contribution is -2.38. The molecule has 4 aromatic carbocycles. The third-order valence-electron chi connectivity index (χ3n) is 6.50. The van der Waals surface area contributed by atoms with Gasteiger partial charge >= 0.3 is 0 Å². The average molecular weight is 527 g/mol. The summed E-state index contributed by atoms with van der Waals surface area (Å²) in [5.41, 5.74) is 4.38. The fraction of sp³-hybridized carbons (Fsp3) is 0.273. The molecule has 1 fully saturated rings. The van der Waals surface area contributed by atoms with Gasteiger partial charge in [-0.05, 0) is 35.7 Å². The Hall–Kier alpha value is -2.93. The molecule has 196 valence electrons. The summed E-state index contributed by atoms with van der Waals surface area (Å²) in [7, 11) is 0. The molecular weight excluding hydrogens is 492 g/mol. The van der Waals surface area contributed by atoms with E-state index in [4.69, 9.17) is 18.9 Å². The van der Waals surface area contributed by atoms with E-state index in [9.17, 15) is 0 Å². The molecule has 0 amide bonds. The van der Waals surface area contributed by atoms with E-state index in [0.717, 1.165) is 21.6 Å². The first kappa shape index (κ1) is 26.7. The predicted molar refractivity (Wildman–Crippen MR) is 152 cm³/mol. The van der Waals surface area contributed by atoms with Crippen LogP contribution in [0.25, 0.3) is 0 Å². The minimum absolute atomic E-state index is 0.229. The summed E-state index contributed by atoms with van der Waals surface area (Å²) in [6.07, 6.45) is -0.806. The number of ether oxygens (including phenoxy) is 4. The van der Waals surface area contributed by atoms with Crippen LogP contribution in [0.5, 0.6) is 0 Å². The summed E-state index contributed by atoms with van der Waals surface area (Å²) in [6.45, 7) is 4.02. The van der Waals surface area contributed by atoms with Gasteiger partial charge in [-0.25, -0.2) is 0 Å². The summed E-state index contributed by atoms with van der Waals surface area (Å²) in [4.78, 5) is 1.14. The zero-order chi connectivity index (χ0) is 26.0. The zero-order valence-electron chi connectivity index (χ0n) is 21.6. The lowest BCUT2D eigenvalue weighted by molar-refractivity contribution is -0.0895. The maximum atomic E-state index is 6.62. The molecule has 0 bridgehead atoms. The van der Waals surface area contributed by atoms with Crippen molar-refractivity contribution in [2.45, 2.75) is 55.4 Å². The van der Waals surface area contributed by atoms with Gasteiger partial charge in [0, 0.05) is 4.90 Å². The van der Waals surface area contributed by atoms with Crippen LogP contribution in [0.2, 0.25) is 0 Å². The molecule has 0 radical (unpaired) electrons. The molecule has 0 aromatic heterocycles. The maximum Gasteiger partial charge on any atom is 0.137 e. The lowest BCUT2D eigenvalue weighted by atomic mass is 10.1. The molecule has 1 unspecified atom stereocenters. The van der Waals surface area contributed by atoms with E-state index >= 15 is 0 Å². The largest absolute Gasteiger partial charge is 0.374 e. The van der Waals surface area contributed by atoms with Gasteiger partial charge in [0.1, 0.15) is 23.7 Å². The topological polar surface area (TPSA) is 36.9 Å². The first-order chi connectivity index (χ1) is 18.7. The van der Waals surface area contributed by atoms with Crippen molar-refractivity contribution in [2.75, 3.05) is 6.61 Å². The number of rotatable bonds is 12. The van der Waals surface area contributed by atoms with Crippen molar-refractivity contribution >= 4 is 11.8 Å². The number of thioether (sulfide) groups is 1. The van der Waals surface area contributed by atoms with E-state index in [1.807, 2.05) is 54.6 Å². The Balaban J connectivity index is 1.34. The zero-order valence-corrected chi connectivity index (χ0v) is 22.5. The number of benzene rings is 4. The minimum Gasteiger partial charge on any atom is -0.374 e. The minimum atomic E-state index is -0.280. The lowest BCUT2D eigenvalue weighted by Gasteiger charge is -2.25. The molecule has 1 aliphatic rings. The molecular formula is C33H34O4S. The Morgan fingerprint density at radius 3 is 1.66 bits per heavy atom. The molecule has 1 heterocycles. The smallest absolute Gasteiger partial charge is 0.137 e. The molecule has 4 aromatic rings. The van der Waals surface area contributed by atoms with Gasteiger partial charge in [-0.2, -0.15) is 0 Å². The van der Waals surface area contributed by atoms with Gasteiger partial charge in [-0.15, -0.1) is 0 Å². The van der Waals surface area contributed by atoms with Gasteiger partial charge in [-0.1, -0.05) is 120 Å². The Kier molecular flexibility index (Phi) is 9.64. The summed E-state index contributed by atoms with van der Waals surface area (Å²) < 4.78 is 25.9. The third kappa shape index (κ3) is 7.56. The molecule has 4 nitrogen and oxygen atoms in total. The van der Waals surface area contributed by atoms with Crippen molar-refractivity contribution in [3.8, 4) is 0 Å². The van der Waals surface area contributed by atoms with Crippen LogP contribution in [-0.2, 0) is 38.8 Å². The fourth-order valence-electron chi connectivity index (χ4n) is 4.45. The van der Waals surface area contributed by atoms with Gasteiger partial charge in [0.25, 0.3) is 0 Å². The quantitative estimate of drug-likeness (QED) is 0.195. The van der Waals surface area contributed by atoms with Crippen molar-refractivity contribution in [3.63, 3.8) is 0 Å². The van der Waals surface area contributed by atoms with E-state index in [-0.39, 0.29) is 23.7 Å². The number of hydrogen-bond donors (Lipinski definition) is 0. The summed E-state index contributed by atoms with van der Waals surface area (Å²) in [5, 5.41) is 0. The Morgan fingerprint density at radius 2 is 1.11 bits per heavy atom. The first-order valence-electron chi connectivity index (χ1n) is 13.1. The standard InChI is InChI=1S/C33H34O4S/c1-25-17-19-29(20-18-25)38-33-32(36-23-28-15-9-4-10-16-28)31(35-22-27-13-7-3-8-14-27)30(37-33)24-34-21-26-11-5-2-6-12-26/h2-20,30-33H,21-24H2,1H3/t30-,31-,32-,33?/m1/s1. The Labute approximate surface area is 229 Å². The van der Waals surface area contributed by atoms with Crippen molar-refractivity contribution in [3.05, 3.63) is 138 Å². The van der Waals surface area contributed by atoms with Gasteiger partial charge in [0.2, 0.25) is 0 Å². The average Bonchev–Trinajstić information content (AvgIpc) is 3.29. The van der Waals surface area contributed by atoms with Crippen molar-refractivity contribution in [2.24, 2.45) is 0 Å². The fourth-order valence-corrected chi connectivity index (χ4v) is 5.58. The Morgan fingerprint density at radius 1 is 0.605 bits per heavy atom. The highest BCUT2D eigenvalue weighted by molar-refractivity contribution is 7.99. The maximum absolute atomic E-state index is 6.62. The molecule has 1 aliphatic heterocycles. The Bertz CT molecular complexity index is 1220. The molecule has 0 aliphatic carbocycles. The van der Waals surface area contributed by atoms with Crippen molar-refractivity contribution in [1.29, 1.82) is 0 Å². The normalized spacial score (nSPS) is 21.0. The molecule has 0 saturated carbocycles.